The molecule has 0 bridgehead atoms. The smallest absolute Gasteiger partial charge is 0.123 e. The molecule has 2 atom stereocenters. The average molecular weight is 264 g/mol. The van der Waals surface area contributed by atoms with Crippen LogP contribution in [0.1, 0.15) is 44.2 Å². The Balaban J connectivity index is 1.90. The first-order chi connectivity index (χ1) is 9.24. The third-order valence-electron chi connectivity index (χ3n) is 4.30. The van der Waals surface area contributed by atoms with Gasteiger partial charge in [0.25, 0.3) is 0 Å². The van der Waals surface area contributed by atoms with Gasteiger partial charge in [-0.05, 0) is 57.0 Å². The molecule has 0 amide bonds. The van der Waals surface area contributed by atoms with E-state index < -0.39 is 0 Å². The quantitative estimate of drug-likeness (QED) is 0.847. The maximum absolute atomic E-state index is 13.0. The summed E-state index contributed by atoms with van der Waals surface area (Å²) in [6, 6.07) is 7.95. The lowest BCUT2D eigenvalue weighted by atomic mass is 10.0. The molecule has 0 aromatic heterocycles. The second-order valence-electron chi connectivity index (χ2n) is 5.42. The molecule has 19 heavy (non-hydrogen) atoms. The maximum atomic E-state index is 13.0. The average Bonchev–Trinajstić information content (AvgIpc) is 2.89. The number of hydrogen-bond donors (Lipinski definition) is 1. The molecule has 2 rings (SSSR count). The number of halogens is 1. The van der Waals surface area contributed by atoms with Crippen molar-refractivity contribution in [2.75, 3.05) is 20.1 Å². The van der Waals surface area contributed by atoms with Gasteiger partial charge in [0.2, 0.25) is 0 Å². The number of hydrogen-bond acceptors (Lipinski definition) is 2. The normalized spacial score (nSPS) is 21.7. The van der Waals surface area contributed by atoms with Crippen molar-refractivity contribution < 1.29 is 4.39 Å². The molecule has 0 aliphatic carbocycles. The number of likely N-dealkylation sites (tertiary alicyclic amines) is 1. The van der Waals surface area contributed by atoms with Crippen molar-refractivity contribution in [3.8, 4) is 0 Å². The molecule has 2 unspecified atom stereocenters. The fourth-order valence-corrected chi connectivity index (χ4v) is 3.12. The minimum atomic E-state index is -0.163. The van der Waals surface area contributed by atoms with E-state index in [9.17, 15) is 4.39 Å². The van der Waals surface area contributed by atoms with Gasteiger partial charge in [0.1, 0.15) is 5.82 Å². The van der Waals surface area contributed by atoms with Crippen molar-refractivity contribution in [2.24, 2.45) is 0 Å². The van der Waals surface area contributed by atoms with Crippen LogP contribution in [0.5, 0.6) is 0 Å². The zero-order chi connectivity index (χ0) is 13.7. The first-order valence-corrected chi connectivity index (χ1v) is 7.41. The number of rotatable bonds is 6. The summed E-state index contributed by atoms with van der Waals surface area (Å²) in [5.41, 5.74) is 1.18. The number of nitrogens with one attached hydrogen (secondary N) is 1. The zero-order valence-corrected chi connectivity index (χ0v) is 12.0. The molecule has 1 saturated heterocycles. The van der Waals surface area contributed by atoms with Crippen LogP contribution in [-0.4, -0.2) is 31.1 Å². The van der Waals surface area contributed by atoms with Crippen LogP contribution in [0.25, 0.3) is 0 Å². The van der Waals surface area contributed by atoms with E-state index in [0.29, 0.717) is 6.04 Å². The van der Waals surface area contributed by atoms with Crippen molar-refractivity contribution in [2.45, 2.75) is 44.7 Å². The van der Waals surface area contributed by atoms with E-state index in [2.05, 4.69) is 17.1 Å². The molecule has 0 saturated carbocycles. The molecule has 3 heteroatoms. The molecular weight excluding hydrogens is 239 g/mol. The number of nitrogens with zero attached hydrogens (tertiary/aromatic N) is 1. The van der Waals surface area contributed by atoms with Gasteiger partial charge in [0.05, 0.1) is 0 Å². The molecule has 1 aliphatic heterocycles. The second kappa shape index (κ2) is 7.01. The SMILES string of the molecule is CCC1CCCN1CCC(NC)c1ccc(F)cc1. The summed E-state index contributed by atoms with van der Waals surface area (Å²) in [4.78, 5) is 2.61. The Morgan fingerprint density at radius 3 is 2.74 bits per heavy atom. The van der Waals surface area contributed by atoms with Crippen LogP contribution in [-0.2, 0) is 0 Å². The van der Waals surface area contributed by atoms with Crippen molar-refractivity contribution in [3.63, 3.8) is 0 Å². The molecule has 1 fully saturated rings. The fourth-order valence-electron chi connectivity index (χ4n) is 3.12. The zero-order valence-electron chi connectivity index (χ0n) is 12.0. The molecule has 1 heterocycles. The van der Waals surface area contributed by atoms with Gasteiger partial charge in [-0.15, -0.1) is 0 Å². The topological polar surface area (TPSA) is 15.3 Å². The molecule has 1 aromatic rings. The van der Waals surface area contributed by atoms with E-state index in [1.807, 2.05) is 19.2 Å². The summed E-state index contributed by atoms with van der Waals surface area (Å²) in [6.07, 6.45) is 5.01. The molecule has 0 radical (unpaired) electrons. The summed E-state index contributed by atoms with van der Waals surface area (Å²) in [7, 11) is 1.98. The van der Waals surface area contributed by atoms with E-state index in [1.165, 1.54) is 31.4 Å². The maximum Gasteiger partial charge on any atom is 0.123 e. The van der Waals surface area contributed by atoms with E-state index in [-0.39, 0.29) is 5.82 Å². The molecule has 0 spiro atoms. The summed E-state index contributed by atoms with van der Waals surface area (Å²) < 4.78 is 13.0. The molecule has 2 nitrogen and oxygen atoms in total. The Kier molecular flexibility index (Phi) is 5.34. The largest absolute Gasteiger partial charge is 0.313 e. The standard InChI is InChI=1S/C16H25FN2/c1-3-15-5-4-11-19(15)12-10-16(18-2)13-6-8-14(17)9-7-13/h6-9,15-16,18H,3-5,10-12H2,1-2H3. The summed E-state index contributed by atoms with van der Waals surface area (Å²) >= 11 is 0. The Morgan fingerprint density at radius 2 is 2.11 bits per heavy atom. The molecule has 1 aromatic carbocycles. The molecule has 1 N–H and O–H groups in total. The van der Waals surface area contributed by atoms with Gasteiger partial charge in [-0.25, -0.2) is 4.39 Å². The highest BCUT2D eigenvalue weighted by atomic mass is 19.1. The van der Waals surface area contributed by atoms with Gasteiger partial charge in [-0.2, -0.15) is 0 Å². The minimum Gasteiger partial charge on any atom is -0.313 e. The highest BCUT2D eigenvalue weighted by molar-refractivity contribution is 5.19. The lowest BCUT2D eigenvalue weighted by Crippen LogP contribution is -2.32. The van der Waals surface area contributed by atoms with Crippen molar-refractivity contribution in [1.29, 1.82) is 0 Å². The van der Waals surface area contributed by atoms with E-state index in [4.69, 9.17) is 0 Å². The van der Waals surface area contributed by atoms with Gasteiger partial charge < -0.3 is 10.2 Å². The van der Waals surface area contributed by atoms with Gasteiger partial charge in [0.15, 0.2) is 0 Å². The fraction of sp³-hybridized carbons (Fsp3) is 0.625. The van der Waals surface area contributed by atoms with E-state index in [1.54, 1.807) is 12.1 Å². The monoisotopic (exact) mass is 264 g/mol. The Bertz CT molecular complexity index is 377. The van der Waals surface area contributed by atoms with Crippen LogP contribution in [0.15, 0.2) is 24.3 Å². The summed E-state index contributed by atoms with van der Waals surface area (Å²) in [6.45, 7) is 4.64. The number of benzene rings is 1. The third-order valence-corrected chi connectivity index (χ3v) is 4.30. The van der Waals surface area contributed by atoms with Gasteiger partial charge >= 0.3 is 0 Å². The lowest BCUT2D eigenvalue weighted by molar-refractivity contribution is 0.235. The first kappa shape index (κ1) is 14.5. The van der Waals surface area contributed by atoms with Crippen LogP contribution in [0.2, 0.25) is 0 Å². The highest BCUT2D eigenvalue weighted by Crippen LogP contribution is 2.23. The highest BCUT2D eigenvalue weighted by Gasteiger charge is 2.23. The van der Waals surface area contributed by atoms with Crippen molar-refractivity contribution >= 4 is 0 Å². The van der Waals surface area contributed by atoms with Crippen molar-refractivity contribution in [1.82, 2.24) is 10.2 Å². The van der Waals surface area contributed by atoms with Crippen LogP contribution in [0.4, 0.5) is 4.39 Å². The Morgan fingerprint density at radius 1 is 1.37 bits per heavy atom. The third kappa shape index (κ3) is 3.77. The minimum absolute atomic E-state index is 0.163. The predicted octanol–water partition coefficient (Wildman–Crippen LogP) is 3.35. The van der Waals surface area contributed by atoms with Crippen LogP contribution in [0, 0.1) is 5.82 Å². The van der Waals surface area contributed by atoms with Crippen LogP contribution < -0.4 is 5.32 Å². The molecule has 106 valence electrons. The predicted molar refractivity (Wildman–Crippen MR) is 77.7 cm³/mol. The summed E-state index contributed by atoms with van der Waals surface area (Å²) in [5.74, 6) is -0.163. The lowest BCUT2D eigenvalue weighted by Gasteiger charge is -2.26. The molecular formula is C16H25FN2. The Hall–Kier alpha value is -0.930. The molecule has 1 aliphatic rings. The first-order valence-electron chi connectivity index (χ1n) is 7.41. The van der Waals surface area contributed by atoms with Gasteiger partial charge in [-0.1, -0.05) is 19.1 Å². The van der Waals surface area contributed by atoms with E-state index >= 15 is 0 Å². The van der Waals surface area contributed by atoms with Crippen LogP contribution >= 0.6 is 0 Å². The Labute approximate surface area is 116 Å². The van der Waals surface area contributed by atoms with E-state index in [0.717, 1.165) is 19.0 Å². The summed E-state index contributed by atoms with van der Waals surface area (Å²) in [5, 5.41) is 3.35. The van der Waals surface area contributed by atoms with Crippen LogP contribution in [0.3, 0.4) is 0 Å². The second-order valence-corrected chi connectivity index (χ2v) is 5.42. The van der Waals surface area contributed by atoms with Gasteiger partial charge in [0, 0.05) is 18.6 Å². The van der Waals surface area contributed by atoms with Gasteiger partial charge in [-0.3, -0.25) is 0 Å². The van der Waals surface area contributed by atoms with Crippen molar-refractivity contribution in [3.05, 3.63) is 35.6 Å².